The molecule has 3 unspecified atom stereocenters. The zero-order valence-corrected chi connectivity index (χ0v) is 9.82. The second-order valence-electron chi connectivity index (χ2n) is 4.68. The topological polar surface area (TPSA) is 67.6 Å². The molecule has 2 heterocycles. The summed E-state index contributed by atoms with van der Waals surface area (Å²) >= 11 is 0. The van der Waals surface area contributed by atoms with Gasteiger partial charge in [-0.1, -0.05) is 6.92 Å². The Bertz CT molecular complexity index is 260. The Morgan fingerprint density at radius 3 is 3.06 bits per heavy atom. The summed E-state index contributed by atoms with van der Waals surface area (Å²) in [5.74, 6) is 0.461. The number of amides is 1. The lowest BCUT2D eigenvalue weighted by Gasteiger charge is -2.37. The number of rotatable bonds is 2. The third-order valence-electron chi connectivity index (χ3n) is 3.54. The Morgan fingerprint density at radius 1 is 1.62 bits per heavy atom. The van der Waals surface area contributed by atoms with Gasteiger partial charge in [0.15, 0.2) is 0 Å². The molecule has 2 rings (SSSR count). The summed E-state index contributed by atoms with van der Waals surface area (Å²) in [7, 11) is 0. The first-order valence-corrected chi connectivity index (χ1v) is 6.07. The van der Waals surface area contributed by atoms with Crippen LogP contribution in [0.15, 0.2) is 0 Å². The molecule has 0 spiro atoms. The zero-order chi connectivity index (χ0) is 11.5. The molecule has 0 aromatic carbocycles. The van der Waals surface area contributed by atoms with Gasteiger partial charge in [0.1, 0.15) is 6.10 Å². The van der Waals surface area contributed by atoms with Crippen molar-refractivity contribution in [1.82, 2.24) is 10.2 Å². The molecule has 2 fully saturated rings. The van der Waals surface area contributed by atoms with Crippen molar-refractivity contribution in [3.05, 3.63) is 0 Å². The van der Waals surface area contributed by atoms with Crippen LogP contribution in [0.3, 0.4) is 0 Å². The van der Waals surface area contributed by atoms with Crippen molar-refractivity contribution in [2.75, 3.05) is 32.8 Å². The van der Waals surface area contributed by atoms with Crippen LogP contribution in [-0.4, -0.2) is 55.7 Å². The summed E-state index contributed by atoms with van der Waals surface area (Å²) in [6, 6.07) is 0.123. The van der Waals surface area contributed by atoms with Crippen molar-refractivity contribution in [3.63, 3.8) is 0 Å². The van der Waals surface area contributed by atoms with E-state index in [-0.39, 0.29) is 18.1 Å². The molecule has 0 aromatic rings. The molecule has 0 saturated carbocycles. The van der Waals surface area contributed by atoms with Gasteiger partial charge in [-0.3, -0.25) is 4.79 Å². The van der Waals surface area contributed by atoms with Gasteiger partial charge in [0.25, 0.3) is 5.91 Å². The van der Waals surface area contributed by atoms with E-state index < -0.39 is 0 Å². The van der Waals surface area contributed by atoms with Crippen LogP contribution >= 0.6 is 0 Å². The zero-order valence-electron chi connectivity index (χ0n) is 9.82. The maximum atomic E-state index is 12.3. The molecule has 2 aliphatic rings. The summed E-state index contributed by atoms with van der Waals surface area (Å²) < 4.78 is 5.52. The van der Waals surface area contributed by atoms with Crippen LogP contribution < -0.4 is 11.1 Å². The first-order chi connectivity index (χ1) is 7.74. The molecule has 5 nitrogen and oxygen atoms in total. The molecular weight excluding hydrogens is 206 g/mol. The van der Waals surface area contributed by atoms with E-state index in [4.69, 9.17) is 10.5 Å². The van der Waals surface area contributed by atoms with Crippen molar-refractivity contribution in [3.8, 4) is 0 Å². The number of carbonyl (C=O) groups excluding carboxylic acids is 1. The van der Waals surface area contributed by atoms with Crippen molar-refractivity contribution < 1.29 is 9.53 Å². The van der Waals surface area contributed by atoms with Crippen LogP contribution in [0.1, 0.15) is 13.3 Å². The quantitative estimate of drug-likeness (QED) is 0.646. The van der Waals surface area contributed by atoms with Crippen molar-refractivity contribution in [1.29, 1.82) is 0 Å². The summed E-state index contributed by atoms with van der Waals surface area (Å²) in [4.78, 5) is 14.2. The van der Waals surface area contributed by atoms with E-state index in [0.29, 0.717) is 19.1 Å². The number of nitrogens with zero attached hydrogens (tertiary/aromatic N) is 1. The Balaban J connectivity index is 2.01. The van der Waals surface area contributed by atoms with Crippen LogP contribution in [0, 0.1) is 5.92 Å². The van der Waals surface area contributed by atoms with Crippen LogP contribution in [-0.2, 0) is 9.53 Å². The minimum Gasteiger partial charge on any atom is -0.368 e. The lowest BCUT2D eigenvalue weighted by Crippen LogP contribution is -2.59. The minimum absolute atomic E-state index is 0.123. The molecule has 2 aliphatic heterocycles. The lowest BCUT2D eigenvalue weighted by molar-refractivity contribution is -0.145. The Kier molecular flexibility index (Phi) is 3.78. The Labute approximate surface area is 96.3 Å². The van der Waals surface area contributed by atoms with E-state index in [9.17, 15) is 4.79 Å². The minimum atomic E-state index is -0.243. The predicted octanol–water partition coefficient (Wildman–Crippen LogP) is -0.829. The van der Waals surface area contributed by atoms with Crippen molar-refractivity contribution >= 4 is 5.91 Å². The number of nitrogens with one attached hydrogen (secondary N) is 1. The van der Waals surface area contributed by atoms with Crippen molar-refractivity contribution in [2.24, 2.45) is 11.7 Å². The lowest BCUT2D eigenvalue weighted by atomic mass is 10.0. The Morgan fingerprint density at radius 2 is 2.44 bits per heavy atom. The van der Waals surface area contributed by atoms with Gasteiger partial charge in [0.2, 0.25) is 0 Å². The van der Waals surface area contributed by atoms with E-state index in [2.05, 4.69) is 12.2 Å². The fourth-order valence-electron chi connectivity index (χ4n) is 2.44. The molecule has 3 atom stereocenters. The third-order valence-corrected chi connectivity index (χ3v) is 3.54. The van der Waals surface area contributed by atoms with E-state index in [0.717, 1.165) is 26.1 Å². The SMILES string of the molecule is CC1CCOC1C(=O)N1CCNCC1CN. The smallest absolute Gasteiger partial charge is 0.252 e. The molecular formula is C11H21N3O2. The van der Waals surface area contributed by atoms with Gasteiger partial charge >= 0.3 is 0 Å². The molecule has 3 N–H and O–H groups in total. The van der Waals surface area contributed by atoms with E-state index in [1.165, 1.54) is 0 Å². The largest absolute Gasteiger partial charge is 0.368 e. The summed E-state index contributed by atoms with van der Waals surface area (Å²) in [5, 5.41) is 3.26. The predicted molar refractivity (Wildman–Crippen MR) is 60.9 cm³/mol. The molecule has 2 saturated heterocycles. The second-order valence-corrected chi connectivity index (χ2v) is 4.68. The molecule has 1 amide bonds. The maximum Gasteiger partial charge on any atom is 0.252 e. The van der Waals surface area contributed by atoms with Gasteiger partial charge in [-0.2, -0.15) is 0 Å². The highest BCUT2D eigenvalue weighted by Gasteiger charge is 2.36. The summed E-state index contributed by atoms with van der Waals surface area (Å²) in [6.07, 6.45) is 0.739. The number of hydrogen-bond acceptors (Lipinski definition) is 4. The average Bonchev–Trinajstić information content (AvgIpc) is 2.74. The number of piperazine rings is 1. The fourth-order valence-corrected chi connectivity index (χ4v) is 2.44. The first kappa shape index (κ1) is 11.8. The standard InChI is InChI=1S/C11H21N3O2/c1-8-2-5-16-10(8)11(15)14-4-3-13-7-9(14)6-12/h8-10,13H,2-7,12H2,1H3. The van der Waals surface area contributed by atoms with E-state index in [1.54, 1.807) is 0 Å². The molecule has 92 valence electrons. The van der Waals surface area contributed by atoms with Crippen molar-refractivity contribution in [2.45, 2.75) is 25.5 Å². The third kappa shape index (κ3) is 2.21. The fraction of sp³-hybridized carbons (Fsp3) is 0.909. The highest BCUT2D eigenvalue weighted by molar-refractivity contribution is 5.82. The van der Waals surface area contributed by atoms with E-state index in [1.807, 2.05) is 4.90 Å². The van der Waals surface area contributed by atoms with Crippen LogP contribution in [0.2, 0.25) is 0 Å². The van der Waals surface area contributed by atoms with Gasteiger partial charge in [-0.05, 0) is 12.3 Å². The normalized spacial score (nSPS) is 35.4. The molecule has 0 aliphatic carbocycles. The number of carbonyl (C=O) groups is 1. The summed E-state index contributed by atoms with van der Waals surface area (Å²) in [5.41, 5.74) is 5.69. The van der Waals surface area contributed by atoms with Gasteiger partial charge in [0.05, 0.1) is 6.04 Å². The summed E-state index contributed by atoms with van der Waals surface area (Å²) in [6.45, 7) is 5.69. The molecule has 16 heavy (non-hydrogen) atoms. The monoisotopic (exact) mass is 227 g/mol. The van der Waals surface area contributed by atoms with Gasteiger partial charge in [0, 0.05) is 32.8 Å². The van der Waals surface area contributed by atoms with Gasteiger partial charge in [-0.15, -0.1) is 0 Å². The Hall–Kier alpha value is -0.650. The number of ether oxygens (including phenoxy) is 1. The average molecular weight is 227 g/mol. The molecule has 0 radical (unpaired) electrons. The number of nitrogens with two attached hydrogens (primary N) is 1. The molecule has 5 heteroatoms. The maximum absolute atomic E-state index is 12.3. The van der Waals surface area contributed by atoms with Gasteiger partial charge < -0.3 is 20.7 Å². The highest BCUT2D eigenvalue weighted by Crippen LogP contribution is 2.22. The van der Waals surface area contributed by atoms with Gasteiger partial charge in [-0.25, -0.2) is 0 Å². The first-order valence-electron chi connectivity index (χ1n) is 6.07. The molecule has 0 aromatic heterocycles. The van der Waals surface area contributed by atoms with Crippen LogP contribution in [0.25, 0.3) is 0 Å². The second kappa shape index (κ2) is 5.12. The van der Waals surface area contributed by atoms with E-state index >= 15 is 0 Å². The highest BCUT2D eigenvalue weighted by atomic mass is 16.5. The molecule has 0 bridgehead atoms. The number of hydrogen-bond donors (Lipinski definition) is 2. The van der Waals surface area contributed by atoms with Crippen LogP contribution in [0.5, 0.6) is 0 Å². The van der Waals surface area contributed by atoms with Crippen LogP contribution in [0.4, 0.5) is 0 Å².